The zero-order valence-electron chi connectivity index (χ0n) is 15.9. The fourth-order valence-electron chi connectivity index (χ4n) is 4.06. The second-order valence-corrected chi connectivity index (χ2v) is 8.02. The number of rotatable bonds is 4. The summed E-state index contributed by atoms with van der Waals surface area (Å²) in [6, 6.07) is 5.97. The molecule has 152 valence electrons. The van der Waals surface area contributed by atoms with E-state index in [9.17, 15) is 13.2 Å². The average molecular weight is 402 g/mol. The van der Waals surface area contributed by atoms with Gasteiger partial charge in [0, 0.05) is 18.8 Å². The lowest BCUT2D eigenvalue weighted by Crippen LogP contribution is -2.29. The highest BCUT2D eigenvalue weighted by molar-refractivity contribution is 5.62. The number of fused-ring (bicyclic) bond motifs is 1. The fourth-order valence-corrected chi connectivity index (χ4v) is 4.06. The van der Waals surface area contributed by atoms with Crippen LogP contribution < -0.4 is 5.32 Å². The molecular formula is C20H21F3N6. The van der Waals surface area contributed by atoms with Crippen LogP contribution in [-0.2, 0) is 5.41 Å². The summed E-state index contributed by atoms with van der Waals surface area (Å²) in [6.45, 7) is 2.00. The van der Waals surface area contributed by atoms with Crippen LogP contribution in [0.1, 0.15) is 25.0 Å². The molecule has 0 radical (unpaired) electrons. The molecule has 0 bridgehead atoms. The van der Waals surface area contributed by atoms with Gasteiger partial charge in [0.15, 0.2) is 5.65 Å². The van der Waals surface area contributed by atoms with Gasteiger partial charge in [0.1, 0.15) is 11.2 Å². The summed E-state index contributed by atoms with van der Waals surface area (Å²) in [5.74, 6) is 0.751. The van der Waals surface area contributed by atoms with E-state index in [2.05, 4.69) is 32.2 Å². The molecule has 6 nitrogen and oxygen atoms in total. The molecule has 5 rings (SSSR count). The van der Waals surface area contributed by atoms with Crippen molar-refractivity contribution in [1.82, 2.24) is 24.3 Å². The van der Waals surface area contributed by atoms with E-state index in [0.29, 0.717) is 23.1 Å². The zero-order valence-corrected chi connectivity index (χ0v) is 15.9. The van der Waals surface area contributed by atoms with E-state index in [1.54, 1.807) is 10.6 Å². The fraction of sp³-hybridized carbons (Fsp3) is 0.450. The minimum Gasteiger partial charge on any atom is -0.366 e. The molecule has 1 aliphatic carbocycles. The summed E-state index contributed by atoms with van der Waals surface area (Å²) in [7, 11) is 2.09. The van der Waals surface area contributed by atoms with Gasteiger partial charge in [-0.05, 0) is 45.0 Å². The van der Waals surface area contributed by atoms with Gasteiger partial charge in [0.05, 0.1) is 29.5 Å². The number of aromatic nitrogens is 4. The smallest absolute Gasteiger partial charge is 0.366 e. The summed E-state index contributed by atoms with van der Waals surface area (Å²) in [6.07, 6.45) is 1.40. The minimum atomic E-state index is -4.30. The largest absolute Gasteiger partial charge is 0.399 e. The molecule has 1 saturated carbocycles. The minimum absolute atomic E-state index is 0.0417. The molecule has 0 spiro atoms. The molecule has 2 aliphatic rings. The van der Waals surface area contributed by atoms with Crippen LogP contribution in [0.3, 0.4) is 0 Å². The van der Waals surface area contributed by atoms with Gasteiger partial charge >= 0.3 is 6.18 Å². The predicted octanol–water partition coefficient (Wildman–Crippen LogP) is 3.50. The summed E-state index contributed by atoms with van der Waals surface area (Å²) in [5, 5.41) is 3.44. The zero-order chi connectivity index (χ0) is 20.2. The number of imidazole rings is 1. The summed E-state index contributed by atoms with van der Waals surface area (Å²) in [4.78, 5) is 15.3. The molecule has 9 heteroatoms. The van der Waals surface area contributed by atoms with Crippen molar-refractivity contribution in [3.8, 4) is 11.4 Å². The number of hydrogen-bond acceptors (Lipinski definition) is 5. The highest BCUT2D eigenvalue weighted by atomic mass is 19.4. The van der Waals surface area contributed by atoms with Crippen molar-refractivity contribution < 1.29 is 13.2 Å². The number of pyridine rings is 1. The first kappa shape index (κ1) is 18.4. The van der Waals surface area contributed by atoms with E-state index in [1.807, 2.05) is 18.2 Å². The van der Waals surface area contributed by atoms with Crippen molar-refractivity contribution in [2.45, 2.75) is 36.9 Å². The van der Waals surface area contributed by atoms with Crippen molar-refractivity contribution in [3.05, 3.63) is 42.5 Å². The molecule has 2 fully saturated rings. The van der Waals surface area contributed by atoms with E-state index in [4.69, 9.17) is 0 Å². The first-order valence-corrected chi connectivity index (χ1v) is 9.69. The van der Waals surface area contributed by atoms with Gasteiger partial charge in [-0.25, -0.2) is 9.97 Å². The third-order valence-corrected chi connectivity index (χ3v) is 5.93. The highest BCUT2D eigenvalue weighted by Crippen LogP contribution is 2.58. The third kappa shape index (κ3) is 3.13. The molecule has 1 atom stereocenters. The van der Waals surface area contributed by atoms with E-state index in [0.717, 1.165) is 25.3 Å². The van der Waals surface area contributed by atoms with Crippen molar-refractivity contribution >= 4 is 11.5 Å². The molecule has 1 aliphatic heterocycles. The number of nitrogens with one attached hydrogen (secondary N) is 1. The van der Waals surface area contributed by atoms with Crippen LogP contribution in [-0.4, -0.2) is 56.6 Å². The maximum absolute atomic E-state index is 13.5. The summed E-state index contributed by atoms with van der Waals surface area (Å²) in [5.41, 5.74) is 0.0182. The molecule has 0 aromatic carbocycles. The number of halogens is 3. The number of likely N-dealkylation sites (N-methyl/N-ethyl adjacent to an activating group) is 1. The van der Waals surface area contributed by atoms with E-state index in [1.165, 1.54) is 12.4 Å². The Morgan fingerprint density at radius 3 is 2.69 bits per heavy atom. The monoisotopic (exact) mass is 402 g/mol. The van der Waals surface area contributed by atoms with Crippen LogP contribution in [0.5, 0.6) is 0 Å². The highest BCUT2D eigenvalue weighted by Gasteiger charge is 2.65. The Morgan fingerprint density at radius 2 is 2.00 bits per heavy atom. The summed E-state index contributed by atoms with van der Waals surface area (Å²) < 4.78 is 42.2. The molecule has 1 unspecified atom stereocenters. The first-order valence-electron chi connectivity index (χ1n) is 9.69. The van der Waals surface area contributed by atoms with Gasteiger partial charge in [-0.15, -0.1) is 0 Å². The Hall–Kier alpha value is -2.68. The van der Waals surface area contributed by atoms with Crippen molar-refractivity contribution in [2.24, 2.45) is 0 Å². The predicted molar refractivity (Wildman–Crippen MR) is 103 cm³/mol. The molecule has 0 amide bonds. The average Bonchev–Trinajstić information content (AvgIpc) is 3.26. The third-order valence-electron chi connectivity index (χ3n) is 5.93. The van der Waals surface area contributed by atoms with Crippen LogP contribution in [0.2, 0.25) is 0 Å². The molecule has 4 heterocycles. The maximum Gasteiger partial charge on any atom is 0.399 e. The van der Waals surface area contributed by atoms with Gasteiger partial charge in [-0.2, -0.15) is 13.2 Å². The van der Waals surface area contributed by atoms with Crippen LogP contribution in [0.15, 0.2) is 36.8 Å². The number of likely N-dealkylation sites (tertiary alicyclic amines) is 1. The first-order chi connectivity index (χ1) is 13.9. The lowest BCUT2D eigenvalue weighted by Gasteiger charge is -2.18. The Labute approximate surface area is 165 Å². The Morgan fingerprint density at radius 1 is 1.17 bits per heavy atom. The van der Waals surface area contributed by atoms with Gasteiger partial charge in [0.25, 0.3) is 0 Å². The molecular weight excluding hydrogens is 381 g/mol. The quantitative estimate of drug-likeness (QED) is 0.724. The number of hydrogen-bond donors (Lipinski definition) is 1. The second-order valence-electron chi connectivity index (χ2n) is 8.02. The maximum atomic E-state index is 13.5. The molecule has 29 heavy (non-hydrogen) atoms. The van der Waals surface area contributed by atoms with Gasteiger partial charge in [-0.1, -0.05) is 6.07 Å². The number of alkyl halides is 3. The molecule has 3 aromatic heterocycles. The number of anilines is 1. The van der Waals surface area contributed by atoms with E-state index >= 15 is 0 Å². The van der Waals surface area contributed by atoms with Crippen LogP contribution in [0.4, 0.5) is 19.0 Å². The van der Waals surface area contributed by atoms with Crippen molar-refractivity contribution in [2.75, 3.05) is 25.5 Å². The molecule has 3 aromatic rings. The summed E-state index contributed by atoms with van der Waals surface area (Å²) >= 11 is 0. The molecule has 1 saturated heterocycles. The molecule has 1 N–H and O–H groups in total. The second kappa shape index (κ2) is 6.41. The lowest BCUT2D eigenvalue weighted by atomic mass is 10.0. The number of nitrogens with zero attached hydrogens (tertiary/aromatic N) is 5. The lowest BCUT2D eigenvalue weighted by molar-refractivity contribution is -0.161. The Kier molecular flexibility index (Phi) is 4.06. The standard InChI is InChI=1S/C20H21F3N6/c1-28-8-5-13(11-28)26-17-4-2-3-14(27-17)15-9-25-18-10-24-16(12-29(15)18)19(6-7-19)20(21,22)23/h2-4,9-10,12-13H,5-8,11H2,1H3,(H,26,27). The van der Waals surface area contributed by atoms with Gasteiger partial charge in [0.2, 0.25) is 0 Å². The SMILES string of the molecule is CN1CCC(Nc2cccc(-c3cnc4cnc(C5(C(F)(F)F)CC5)cn34)n2)C1. The van der Waals surface area contributed by atoms with Crippen LogP contribution in [0.25, 0.3) is 17.0 Å². The van der Waals surface area contributed by atoms with Gasteiger partial charge in [-0.3, -0.25) is 9.38 Å². The van der Waals surface area contributed by atoms with Crippen LogP contribution in [0, 0.1) is 0 Å². The van der Waals surface area contributed by atoms with Crippen LogP contribution >= 0.6 is 0 Å². The van der Waals surface area contributed by atoms with Crippen molar-refractivity contribution in [1.29, 1.82) is 0 Å². The van der Waals surface area contributed by atoms with E-state index in [-0.39, 0.29) is 18.5 Å². The van der Waals surface area contributed by atoms with Crippen molar-refractivity contribution in [3.63, 3.8) is 0 Å². The van der Waals surface area contributed by atoms with Gasteiger partial charge < -0.3 is 10.2 Å². The topological polar surface area (TPSA) is 58.3 Å². The normalized spacial score (nSPS) is 21.6. The Balaban J connectivity index is 1.49. The van der Waals surface area contributed by atoms with E-state index < -0.39 is 11.6 Å². The Bertz CT molecular complexity index is 1060.